The molecule has 0 aromatic carbocycles. The fourth-order valence-electron chi connectivity index (χ4n) is 2.72. The van der Waals surface area contributed by atoms with E-state index >= 15 is 0 Å². The molecule has 0 atom stereocenters. The molecule has 2 rings (SSSR count). The van der Waals surface area contributed by atoms with Crippen molar-refractivity contribution in [1.82, 2.24) is 14.9 Å². The maximum absolute atomic E-state index is 4.50. The van der Waals surface area contributed by atoms with Gasteiger partial charge in [0.25, 0.3) is 0 Å². The molecule has 0 N–H and O–H groups in total. The molecule has 1 saturated heterocycles. The molecule has 0 saturated carbocycles. The zero-order valence-electron chi connectivity index (χ0n) is 12.8. The third-order valence-corrected chi connectivity index (χ3v) is 4.33. The van der Waals surface area contributed by atoms with Crippen molar-refractivity contribution in [3.8, 4) is 0 Å². The summed E-state index contributed by atoms with van der Waals surface area (Å²) in [6, 6.07) is 0. The van der Waals surface area contributed by atoms with E-state index in [4.69, 9.17) is 0 Å². The molecule has 3 heteroatoms. The molecule has 106 valence electrons. The van der Waals surface area contributed by atoms with Crippen LogP contribution >= 0.6 is 0 Å². The van der Waals surface area contributed by atoms with Gasteiger partial charge in [-0.05, 0) is 49.2 Å². The molecule has 1 aromatic heterocycles. The predicted octanol–water partition coefficient (Wildman–Crippen LogP) is 3.47. The SMILES string of the molecule is CC(C)c1cnc(CN2CCC(C(C)C)CC2)nc1. The predicted molar refractivity (Wildman–Crippen MR) is 79.0 cm³/mol. The molecule has 19 heavy (non-hydrogen) atoms. The average Bonchev–Trinajstić information content (AvgIpc) is 2.40. The summed E-state index contributed by atoms with van der Waals surface area (Å²) in [5.41, 5.74) is 1.22. The first-order valence-electron chi connectivity index (χ1n) is 7.59. The van der Waals surface area contributed by atoms with E-state index in [2.05, 4.69) is 42.6 Å². The molecule has 1 aromatic rings. The van der Waals surface area contributed by atoms with Gasteiger partial charge in [-0.1, -0.05) is 27.7 Å². The minimum Gasteiger partial charge on any atom is -0.296 e. The zero-order valence-corrected chi connectivity index (χ0v) is 12.8. The standard InChI is InChI=1S/C16H27N3/c1-12(2)14-5-7-19(8-6-14)11-16-17-9-15(10-18-16)13(3)4/h9-10,12-14H,5-8,11H2,1-4H3. The first kappa shape index (κ1) is 14.4. The minimum atomic E-state index is 0.510. The van der Waals surface area contributed by atoms with Crippen LogP contribution in [0.2, 0.25) is 0 Å². The molecule has 3 nitrogen and oxygen atoms in total. The second-order valence-electron chi connectivity index (χ2n) is 6.44. The van der Waals surface area contributed by atoms with E-state index in [1.165, 1.54) is 31.5 Å². The summed E-state index contributed by atoms with van der Waals surface area (Å²) >= 11 is 0. The van der Waals surface area contributed by atoms with Crippen LogP contribution in [0.25, 0.3) is 0 Å². The van der Waals surface area contributed by atoms with E-state index in [0.717, 1.165) is 24.2 Å². The highest BCUT2D eigenvalue weighted by Crippen LogP contribution is 2.24. The Labute approximate surface area is 117 Å². The van der Waals surface area contributed by atoms with Crippen molar-refractivity contribution in [2.75, 3.05) is 13.1 Å². The number of nitrogens with zero attached hydrogens (tertiary/aromatic N) is 3. The van der Waals surface area contributed by atoms with Crippen molar-refractivity contribution < 1.29 is 0 Å². The molecule has 0 bridgehead atoms. The normalized spacial score (nSPS) is 18.4. The fraction of sp³-hybridized carbons (Fsp3) is 0.750. The van der Waals surface area contributed by atoms with Crippen molar-refractivity contribution in [2.45, 2.75) is 53.0 Å². The smallest absolute Gasteiger partial charge is 0.142 e. The Morgan fingerprint density at radius 1 is 1.11 bits per heavy atom. The molecule has 0 aliphatic carbocycles. The molecule has 1 aliphatic rings. The summed E-state index contributed by atoms with van der Waals surface area (Å²) in [6.45, 7) is 12.3. The summed E-state index contributed by atoms with van der Waals surface area (Å²) in [5, 5.41) is 0. The van der Waals surface area contributed by atoms with Crippen LogP contribution in [0.15, 0.2) is 12.4 Å². The Morgan fingerprint density at radius 2 is 1.68 bits per heavy atom. The first-order valence-corrected chi connectivity index (χ1v) is 7.59. The Morgan fingerprint density at radius 3 is 2.16 bits per heavy atom. The number of likely N-dealkylation sites (tertiary alicyclic amines) is 1. The Balaban J connectivity index is 1.85. The van der Waals surface area contributed by atoms with Gasteiger partial charge in [0.2, 0.25) is 0 Å². The quantitative estimate of drug-likeness (QED) is 0.831. The van der Waals surface area contributed by atoms with Gasteiger partial charge in [-0.2, -0.15) is 0 Å². The van der Waals surface area contributed by atoms with Gasteiger partial charge in [-0.3, -0.25) is 4.90 Å². The summed E-state index contributed by atoms with van der Waals surface area (Å²) in [6.07, 6.45) is 6.60. The Kier molecular flexibility index (Phi) is 4.92. The van der Waals surface area contributed by atoms with E-state index in [1.54, 1.807) is 0 Å². The van der Waals surface area contributed by atoms with Crippen molar-refractivity contribution in [3.63, 3.8) is 0 Å². The van der Waals surface area contributed by atoms with Crippen LogP contribution in [-0.2, 0) is 6.54 Å². The van der Waals surface area contributed by atoms with Crippen molar-refractivity contribution in [1.29, 1.82) is 0 Å². The van der Waals surface area contributed by atoms with Crippen molar-refractivity contribution >= 4 is 0 Å². The third-order valence-electron chi connectivity index (χ3n) is 4.33. The lowest BCUT2D eigenvalue weighted by Crippen LogP contribution is -2.35. The maximum Gasteiger partial charge on any atom is 0.142 e. The van der Waals surface area contributed by atoms with Gasteiger partial charge in [0.05, 0.1) is 6.54 Å². The lowest BCUT2D eigenvalue weighted by molar-refractivity contribution is 0.149. The summed E-state index contributed by atoms with van der Waals surface area (Å²) < 4.78 is 0. The van der Waals surface area contributed by atoms with Crippen molar-refractivity contribution in [3.05, 3.63) is 23.8 Å². The number of aromatic nitrogens is 2. The molecular weight excluding hydrogens is 234 g/mol. The maximum atomic E-state index is 4.50. The first-order chi connectivity index (χ1) is 9.06. The average molecular weight is 261 g/mol. The lowest BCUT2D eigenvalue weighted by atomic mass is 9.87. The minimum absolute atomic E-state index is 0.510. The molecule has 1 aliphatic heterocycles. The van der Waals surface area contributed by atoms with Crippen LogP contribution < -0.4 is 0 Å². The number of rotatable bonds is 4. The molecule has 0 unspecified atom stereocenters. The van der Waals surface area contributed by atoms with Gasteiger partial charge < -0.3 is 0 Å². The third kappa shape index (κ3) is 4.00. The van der Waals surface area contributed by atoms with Crippen LogP contribution in [0.5, 0.6) is 0 Å². The van der Waals surface area contributed by atoms with E-state index < -0.39 is 0 Å². The van der Waals surface area contributed by atoms with Crippen LogP contribution in [-0.4, -0.2) is 28.0 Å². The molecule has 1 fully saturated rings. The topological polar surface area (TPSA) is 29.0 Å². The van der Waals surface area contributed by atoms with E-state index in [9.17, 15) is 0 Å². The van der Waals surface area contributed by atoms with Gasteiger partial charge in [-0.15, -0.1) is 0 Å². The second-order valence-corrected chi connectivity index (χ2v) is 6.44. The van der Waals surface area contributed by atoms with Gasteiger partial charge in [0.15, 0.2) is 0 Å². The highest BCUT2D eigenvalue weighted by atomic mass is 15.1. The fourth-order valence-corrected chi connectivity index (χ4v) is 2.72. The lowest BCUT2D eigenvalue weighted by Gasteiger charge is -2.33. The van der Waals surface area contributed by atoms with E-state index in [0.29, 0.717) is 5.92 Å². The van der Waals surface area contributed by atoms with Crippen molar-refractivity contribution in [2.24, 2.45) is 11.8 Å². The van der Waals surface area contributed by atoms with E-state index in [1.807, 2.05) is 12.4 Å². The van der Waals surface area contributed by atoms with Gasteiger partial charge >= 0.3 is 0 Å². The number of hydrogen-bond donors (Lipinski definition) is 0. The largest absolute Gasteiger partial charge is 0.296 e. The van der Waals surface area contributed by atoms with Gasteiger partial charge in [-0.25, -0.2) is 9.97 Å². The highest BCUT2D eigenvalue weighted by Gasteiger charge is 2.21. The van der Waals surface area contributed by atoms with Crippen LogP contribution in [0, 0.1) is 11.8 Å². The highest BCUT2D eigenvalue weighted by molar-refractivity contribution is 5.09. The summed E-state index contributed by atoms with van der Waals surface area (Å²) in [4.78, 5) is 11.5. The molecular formula is C16H27N3. The number of hydrogen-bond acceptors (Lipinski definition) is 3. The van der Waals surface area contributed by atoms with Gasteiger partial charge in [0, 0.05) is 12.4 Å². The second kappa shape index (κ2) is 6.47. The van der Waals surface area contributed by atoms with Crippen LogP contribution in [0.1, 0.15) is 57.8 Å². The molecule has 2 heterocycles. The Hall–Kier alpha value is -0.960. The monoisotopic (exact) mass is 261 g/mol. The molecule has 0 radical (unpaired) electrons. The van der Waals surface area contributed by atoms with E-state index in [-0.39, 0.29) is 0 Å². The van der Waals surface area contributed by atoms with Crippen LogP contribution in [0.3, 0.4) is 0 Å². The molecule has 0 spiro atoms. The molecule has 0 amide bonds. The zero-order chi connectivity index (χ0) is 13.8. The van der Waals surface area contributed by atoms with Crippen LogP contribution in [0.4, 0.5) is 0 Å². The number of piperidine rings is 1. The van der Waals surface area contributed by atoms with Gasteiger partial charge in [0.1, 0.15) is 5.82 Å². The Bertz CT molecular complexity index is 375. The summed E-state index contributed by atoms with van der Waals surface area (Å²) in [5.74, 6) is 3.20. The summed E-state index contributed by atoms with van der Waals surface area (Å²) in [7, 11) is 0.